The van der Waals surface area contributed by atoms with Crippen molar-refractivity contribution in [1.82, 2.24) is 10.3 Å². The van der Waals surface area contributed by atoms with Crippen LogP contribution in [0.5, 0.6) is 0 Å². The molecule has 14 heavy (non-hydrogen) atoms. The third-order valence-electron chi connectivity index (χ3n) is 2.07. The Morgan fingerprint density at radius 2 is 2.43 bits per heavy atom. The summed E-state index contributed by atoms with van der Waals surface area (Å²) in [4.78, 5) is 15.5. The molecule has 0 saturated heterocycles. The van der Waals surface area contributed by atoms with Gasteiger partial charge in [0.05, 0.1) is 5.56 Å². The molecule has 0 bridgehead atoms. The zero-order valence-corrected chi connectivity index (χ0v) is 8.45. The minimum absolute atomic E-state index is 0.155. The molecule has 0 aliphatic carbocycles. The molecule has 1 aromatic rings. The molecule has 0 radical (unpaired) electrons. The molecular formula is C10H15N3O. The average Bonchev–Trinajstić information content (AvgIpc) is 2.18. The van der Waals surface area contributed by atoms with Crippen LogP contribution in [0.15, 0.2) is 18.3 Å². The molecule has 1 unspecified atom stereocenters. The topological polar surface area (TPSA) is 68.0 Å². The van der Waals surface area contributed by atoms with Gasteiger partial charge >= 0.3 is 0 Å². The van der Waals surface area contributed by atoms with Gasteiger partial charge in [0.2, 0.25) is 0 Å². The van der Waals surface area contributed by atoms with Gasteiger partial charge in [0.25, 0.3) is 5.91 Å². The standard InChI is InChI=1S/C10H15N3O/c1-3-7(2)13-10(14)8-5-4-6-12-9(8)11/h4-7H,3H2,1-2H3,(H2,11,12)(H,13,14). The Balaban J connectivity index is 2.75. The summed E-state index contributed by atoms with van der Waals surface area (Å²) < 4.78 is 0. The molecule has 0 fully saturated rings. The van der Waals surface area contributed by atoms with E-state index >= 15 is 0 Å². The highest BCUT2D eigenvalue weighted by atomic mass is 16.1. The highest BCUT2D eigenvalue weighted by molar-refractivity contribution is 5.98. The number of nitrogens with two attached hydrogens (primary N) is 1. The quantitative estimate of drug-likeness (QED) is 0.757. The Morgan fingerprint density at radius 1 is 1.71 bits per heavy atom. The van der Waals surface area contributed by atoms with Crippen molar-refractivity contribution in [3.05, 3.63) is 23.9 Å². The van der Waals surface area contributed by atoms with Gasteiger partial charge in [-0.05, 0) is 25.5 Å². The highest BCUT2D eigenvalue weighted by Gasteiger charge is 2.11. The lowest BCUT2D eigenvalue weighted by Gasteiger charge is -2.11. The maximum absolute atomic E-state index is 11.6. The molecule has 4 nitrogen and oxygen atoms in total. The maximum Gasteiger partial charge on any atom is 0.255 e. The summed E-state index contributed by atoms with van der Waals surface area (Å²) in [5.74, 6) is 0.109. The number of nitrogens with one attached hydrogen (secondary N) is 1. The van der Waals surface area contributed by atoms with Crippen LogP contribution in [0.3, 0.4) is 0 Å². The molecule has 0 saturated carbocycles. The van der Waals surface area contributed by atoms with E-state index in [4.69, 9.17) is 5.73 Å². The molecule has 1 heterocycles. The monoisotopic (exact) mass is 193 g/mol. The van der Waals surface area contributed by atoms with Gasteiger partial charge < -0.3 is 11.1 Å². The van der Waals surface area contributed by atoms with Crippen LogP contribution in [-0.4, -0.2) is 16.9 Å². The Labute approximate surface area is 83.5 Å². The number of carbonyl (C=O) groups is 1. The highest BCUT2D eigenvalue weighted by Crippen LogP contribution is 2.06. The minimum Gasteiger partial charge on any atom is -0.383 e. The molecule has 4 heteroatoms. The van der Waals surface area contributed by atoms with Gasteiger partial charge in [0.1, 0.15) is 5.82 Å². The van der Waals surface area contributed by atoms with Crippen molar-refractivity contribution in [1.29, 1.82) is 0 Å². The van der Waals surface area contributed by atoms with E-state index < -0.39 is 0 Å². The van der Waals surface area contributed by atoms with Crippen molar-refractivity contribution in [2.45, 2.75) is 26.3 Å². The summed E-state index contributed by atoms with van der Waals surface area (Å²) in [6, 6.07) is 3.52. The number of hydrogen-bond donors (Lipinski definition) is 2. The molecule has 0 spiro atoms. The van der Waals surface area contributed by atoms with Gasteiger partial charge in [0.15, 0.2) is 0 Å². The summed E-state index contributed by atoms with van der Waals surface area (Å²) >= 11 is 0. The smallest absolute Gasteiger partial charge is 0.255 e. The fraction of sp³-hybridized carbons (Fsp3) is 0.400. The molecular weight excluding hydrogens is 178 g/mol. The third kappa shape index (κ3) is 2.45. The number of rotatable bonds is 3. The van der Waals surface area contributed by atoms with Gasteiger partial charge in [-0.25, -0.2) is 4.98 Å². The lowest BCUT2D eigenvalue weighted by molar-refractivity contribution is 0.0940. The van der Waals surface area contributed by atoms with Crippen LogP contribution in [0.2, 0.25) is 0 Å². The van der Waals surface area contributed by atoms with Crippen LogP contribution in [0.4, 0.5) is 5.82 Å². The summed E-state index contributed by atoms with van der Waals surface area (Å²) in [6.45, 7) is 3.96. The van der Waals surface area contributed by atoms with Crippen molar-refractivity contribution in [2.75, 3.05) is 5.73 Å². The maximum atomic E-state index is 11.6. The first-order chi connectivity index (χ1) is 6.65. The van der Waals surface area contributed by atoms with Crippen LogP contribution in [0.1, 0.15) is 30.6 Å². The average molecular weight is 193 g/mol. The fourth-order valence-corrected chi connectivity index (χ4v) is 1.01. The number of nitrogen functional groups attached to an aromatic ring is 1. The third-order valence-corrected chi connectivity index (χ3v) is 2.07. The van der Waals surface area contributed by atoms with E-state index in [2.05, 4.69) is 10.3 Å². The molecule has 0 aliphatic heterocycles. The summed E-state index contributed by atoms with van der Waals surface area (Å²) in [6.07, 6.45) is 2.46. The van der Waals surface area contributed by atoms with E-state index in [1.54, 1.807) is 18.3 Å². The van der Waals surface area contributed by atoms with Crippen molar-refractivity contribution in [3.63, 3.8) is 0 Å². The Morgan fingerprint density at radius 3 is 3.00 bits per heavy atom. The molecule has 0 aliphatic rings. The second kappa shape index (κ2) is 4.60. The molecule has 0 aromatic carbocycles. The van der Waals surface area contributed by atoms with Crippen molar-refractivity contribution in [2.24, 2.45) is 0 Å². The number of amides is 1. The second-order valence-corrected chi connectivity index (χ2v) is 3.22. The van der Waals surface area contributed by atoms with Crippen LogP contribution >= 0.6 is 0 Å². The molecule has 3 N–H and O–H groups in total. The Bertz CT molecular complexity index is 325. The van der Waals surface area contributed by atoms with Crippen LogP contribution < -0.4 is 11.1 Å². The summed E-state index contributed by atoms with van der Waals surface area (Å²) in [5.41, 5.74) is 6.00. The predicted octanol–water partition coefficient (Wildman–Crippen LogP) is 1.19. The first-order valence-corrected chi connectivity index (χ1v) is 4.66. The Kier molecular flexibility index (Phi) is 3.45. The molecule has 1 rings (SSSR count). The van der Waals surface area contributed by atoms with Crippen molar-refractivity contribution < 1.29 is 4.79 Å². The molecule has 1 amide bonds. The number of carbonyl (C=O) groups excluding carboxylic acids is 1. The van der Waals surface area contributed by atoms with Crippen molar-refractivity contribution in [3.8, 4) is 0 Å². The van der Waals surface area contributed by atoms with E-state index in [0.29, 0.717) is 5.56 Å². The zero-order valence-electron chi connectivity index (χ0n) is 8.45. The van der Waals surface area contributed by atoms with E-state index in [1.807, 2.05) is 13.8 Å². The lowest BCUT2D eigenvalue weighted by Crippen LogP contribution is -2.32. The van der Waals surface area contributed by atoms with E-state index in [-0.39, 0.29) is 17.8 Å². The largest absolute Gasteiger partial charge is 0.383 e. The number of anilines is 1. The normalized spacial score (nSPS) is 12.1. The minimum atomic E-state index is -0.162. The molecule has 1 aromatic heterocycles. The molecule has 1 atom stereocenters. The van der Waals surface area contributed by atoms with Gasteiger partial charge in [-0.15, -0.1) is 0 Å². The van der Waals surface area contributed by atoms with Crippen LogP contribution in [0, 0.1) is 0 Å². The lowest BCUT2D eigenvalue weighted by atomic mass is 10.2. The number of aromatic nitrogens is 1. The van der Waals surface area contributed by atoms with E-state index in [0.717, 1.165) is 6.42 Å². The number of pyridine rings is 1. The molecule has 76 valence electrons. The van der Waals surface area contributed by atoms with Gasteiger partial charge in [-0.1, -0.05) is 6.92 Å². The van der Waals surface area contributed by atoms with E-state index in [9.17, 15) is 4.79 Å². The fourth-order valence-electron chi connectivity index (χ4n) is 1.01. The van der Waals surface area contributed by atoms with Crippen molar-refractivity contribution >= 4 is 11.7 Å². The van der Waals surface area contributed by atoms with Gasteiger partial charge in [-0.2, -0.15) is 0 Å². The van der Waals surface area contributed by atoms with Crippen LogP contribution in [0.25, 0.3) is 0 Å². The van der Waals surface area contributed by atoms with Gasteiger partial charge in [0, 0.05) is 12.2 Å². The summed E-state index contributed by atoms with van der Waals surface area (Å²) in [7, 11) is 0. The Hall–Kier alpha value is -1.58. The number of nitrogens with zero attached hydrogens (tertiary/aromatic N) is 1. The second-order valence-electron chi connectivity index (χ2n) is 3.22. The number of hydrogen-bond acceptors (Lipinski definition) is 3. The van der Waals surface area contributed by atoms with Crippen LogP contribution in [-0.2, 0) is 0 Å². The first kappa shape index (κ1) is 10.5. The van der Waals surface area contributed by atoms with E-state index in [1.165, 1.54) is 0 Å². The SMILES string of the molecule is CCC(C)NC(=O)c1cccnc1N. The first-order valence-electron chi connectivity index (χ1n) is 4.66. The van der Waals surface area contributed by atoms with Gasteiger partial charge in [-0.3, -0.25) is 4.79 Å². The zero-order chi connectivity index (χ0) is 10.6. The summed E-state index contributed by atoms with van der Waals surface area (Å²) in [5, 5.41) is 2.83. The predicted molar refractivity (Wildman–Crippen MR) is 55.9 cm³/mol.